The number of benzene rings is 2. The Labute approximate surface area is 106 Å². The SMILES string of the molecule is O=C(Cc1ccc(F)cc1F)c1cc(F)cc(F)c1. The van der Waals surface area contributed by atoms with Crippen LogP contribution in [0.1, 0.15) is 15.9 Å². The second-order valence-electron chi connectivity index (χ2n) is 3.99. The highest BCUT2D eigenvalue weighted by molar-refractivity contribution is 5.97. The smallest absolute Gasteiger partial charge is 0.167 e. The lowest BCUT2D eigenvalue weighted by Crippen LogP contribution is -2.06. The lowest BCUT2D eigenvalue weighted by atomic mass is 10.0. The van der Waals surface area contributed by atoms with E-state index in [2.05, 4.69) is 0 Å². The Morgan fingerprint density at radius 1 is 0.842 bits per heavy atom. The van der Waals surface area contributed by atoms with Gasteiger partial charge in [-0.1, -0.05) is 6.07 Å². The van der Waals surface area contributed by atoms with Crippen LogP contribution in [-0.2, 0) is 6.42 Å². The number of rotatable bonds is 3. The minimum atomic E-state index is -0.886. The van der Waals surface area contributed by atoms with Gasteiger partial charge in [0.2, 0.25) is 0 Å². The molecule has 0 spiro atoms. The van der Waals surface area contributed by atoms with Crippen molar-refractivity contribution in [3.63, 3.8) is 0 Å². The molecule has 0 aliphatic rings. The molecule has 98 valence electrons. The second kappa shape index (κ2) is 5.22. The first kappa shape index (κ1) is 13.3. The summed E-state index contributed by atoms with van der Waals surface area (Å²) in [6.45, 7) is 0. The molecule has 0 unspecified atom stereocenters. The lowest BCUT2D eigenvalue weighted by Gasteiger charge is -2.04. The van der Waals surface area contributed by atoms with Crippen molar-refractivity contribution in [1.29, 1.82) is 0 Å². The van der Waals surface area contributed by atoms with Crippen molar-refractivity contribution in [2.45, 2.75) is 6.42 Å². The molecule has 0 saturated carbocycles. The molecular formula is C14H8F4O. The molecule has 0 N–H and O–H groups in total. The first-order valence-corrected chi connectivity index (χ1v) is 5.39. The van der Waals surface area contributed by atoms with Crippen LogP contribution in [0.4, 0.5) is 17.6 Å². The third-order valence-corrected chi connectivity index (χ3v) is 2.55. The van der Waals surface area contributed by atoms with Gasteiger partial charge in [-0.15, -0.1) is 0 Å². The molecule has 19 heavy (non-hydrogen) atoms. The second-order valence-corrected chi connectivity index (χ2v) is 3.99. The van der Waals surface area contributed by atoms with Crippen molar-refractivity contribution in [2.75, 3.05) is 0 Å². The Kier molecular flexibility index (Phi) is 3.64. The van der Waals surface area contributed by atoms with Gasteiger partial charge in [-0.2, -0.15) is 0 Å². The van der Waals surface area contributed by atoms with E-state index in [0.717, 1.165) is 24.3 Å². The Hall–Kier alpha value is -2.17. The maximum absolute atomic E-state index is 13.3. The van der Waals surface area contributed by atoms with Gasteiger partial charge in [0, 0.05) is 24.1 Å². The van der Waals surface area contributed by atoms with Crippen LogP contribution >= 0.6 is 0 Å². The molecule has 0 saturated heterocycles. The number of halogens is 4. The standard InChI is InChI=1S/C14H8F4O/c15-10-2-1-8(13(18)7-10)5-14(19)9-3-11(16)6-12(17)4-9/h1-4,6-7H,5H2. The normalized spacial score (nSPS) is 10.5. The first-order valence-electron chi connectivity index (χ1n) is 5.39. The minimum Gasteiger partial charge on any atom is -0.294 e. The number of Topliss-reactive ketones (excluding diaryl/α,β-unsaturated/α-hetero) is 1. The molecule has 0 aliphatic carbocycles. The van der Waals surface area contributed by atoms with Crippen molar-refractivity contribution in [1.82, 2.24) is 0 Å². The van der Waals surface area contributed by atoms with E-state index in [-0.39, 0.29) is 11.1 Å². The van der Waals surface area contributed by atoms with Crippen molar-refractivity contribution in [2.24, 2.45) is 0 Å². The molecule has 2 aromatic rings. The van der Waals surface area contributed by atoms with Crippen molar-refractivity contribution < 1.29 is 22.4 Å². The zero-order valence-electron chi connectivity index (χ0n) is 9.59. The van der Waals surface area contributed by atoms with Gasteiger partial charge < -0.3 is 0 Å². The van der Waals surface area contributed by atoms with E-state index in [1.165, 1.54) is 0 Å². The van der Waals surface area contributed by atoms with Gasteiger partial charge in [0.15, 0.2) is 5.78 Å². The van der Waals surface area contributed by atoms with E-state index in [1.54, 1.807) is 0 Å². The zero-order valence-corrected chi connectivity index (χ0v) is 9.59. The van der Waals surface area contributed by atoms with Crippen LogP contribution in [0.15, 0.2) is 36.4 Å². The molecule has 1 nitrogen and oxygen atoms in total. The predicted octanol–water partition coefficient (Wildman–Crippen LogP) is 3.67. The number of hydrogen-bond donors (Lipinski definition) is 0. The molecule has 0 radical (unpaired) electrons. The van der Waals surface area contributed by atoms with Crippen LogP contribution in [0.5, 0.6) is 0 Å². The Morgan fingerprint density at radius 3 is 2.05 bits per heavy atom. The Balaban J connectivity index is 2.25. The van der Waals surface area contributed by atoms with Crippen LogP contribution < -0.4 is 0 Å². The summed E-state index contributed by atoms with van der Waals surface area (Å²) in [6.07, 6.45) is -0.394. The van der Waals surface area contributed by atoms with Gasteiger partial charge in [0.05, 0.1) is 0 Å². The Bertz CT molecular complexity index is 617. The highest BCUT2D eigenvalue weighted by Crippen LogP contribution is 2.15. The highest BCUT2D eigenvalue weighted by Gasteiger charge is 2.13. The fourth-order valence-electron chi connectivity index (χ4n) is 1.65. The summed E-state index contributed by atoms with van der Waals surface area (Å²) in [5, 5.41) is 0. The summed E-state index contributed by atoms with van der Waals surface area (Å²) < 4.78 is 51.9. The fourth-order valence-corrected chi connectivity index (χ4v) is 1.65. The molecule has 0 amide bonds. The number of ketones is 1. The van der Waals surface area contributed by atoms with Crippen molar-refractivity contribution in [3.05, 3.63) is 70.8 Å². The van der Waals surface area contributed by atoms with Gasteiger partial charge in [0.1, 0.15) is 23.3 Å². The monoisotopic (exact) mass is 268 g/mol. The topological polar surface area (TPSA) is 17.1 Å². The maximum Gasteiger partial charge on any atom is 0.167 e. The molecule has 5 heteroatoms. The Morgan fingerprint density at radius 2 is 1.47 bits per heavy atom. The average Bonchev–Trinajstić information content (AvgIpc) is 2.31. The minimum absolute atomic E-state index is 0.0314. The molecule has 2 rings (SSSR count). The maximum atomic E-state index is 13.3. The van der Waals surface area contributed by atoms with E-state index < -0.39 is 35.5 Å². The number of carbonyl (C=O) groups is 1. The molecule has 0 heterocycles. The number of carbonyl (C=O) groups excluding carboxylic acids is 1. The van der Waals surface area contributed by atoms with Crippen LogP contribution in [0.2, 0.25) is 0 Å². The molecule has 0 aromatic heterocycles. The highest BCUT2D eigenvalue weighted by atomic mass is 19.1. The summed E-state index contributed by atoms with van der Waals surface area (Å²) in [5.74, 6) is -4.05. The molecule has 2 aromatic carbocycles. The third kappa shape index (κ3) is 3.19. The molecule has 0 atom stereocenters. The van der Waals surface area contributed by atoms with Gasteiger partial charge in [-0.3, -0.25) is 4.79 Å². The van der Waals surface area contributed by atoms with Gasteiger partial charge in [0.25, 0.3) is 0 Å². The molecular weight excluding hydrogens is 260 g/mol. The van der Waals surface area contributed by atoms with E-state index in [4.69, 9.17) is 0 Å². The van der Waals surface area contributed by atoms with E-state index in [0.29, 0.717) is 12.1 Å². The van der Waals surface area contributed by atoms with Crippen LogP contribution in [0.3, 0.4) is 0 Å². The summed E-state index contributed by atoms with van der Waals surface area (Å²) in [5.41, 5.74) is -0.225. The molecule has 0 bridgehead atoms. The van der Waals surface area contributed by atoms with E-state index >= 15 is 0 Å². The largest absolute Gasteiger partial charge is 0.294 e. The molecule has 0 fully saturated rings. The average molecular weight is 268 g/mol. The van der Waals surface area contributed by atoms with Gasteiger partial charge in [-0.05, 0) is 23.8 Å². The van der Waals surface area contributed by atoms with Crippen molar-refractivity contribution in [3.8, 4) is 0 Å². The quantitative estimate of drug-likeness (QED) is 0.613. The van der Waals surface area contributed by atoms with Gasteiger partial charge >= 0.3 is 0 Å². The zero-order chi connectivity index (χ0) is 14.0. The van der Waals surface area contributed by atoms with Crippen LogP contribution in [-0.4, -0.2) is 5.78 Å². The third-order valence-electron chi connectivity index (χ3n) is 2.55. The van der Waals surface area contributed by atoms with Crippen LogP contribution in [0, 0.1) is 23.3 Å². The van der Waals surface area contributed by atoms with Gasteiger partial charge in [-0.25, -0.2) is 17.6 Å². The summed E-state index contributed by atoms with van der Waals surface area (Å²) in [6, 6.07) is 5.15. The van der Waals surface area contributed by atoms with Crippen molar-refractivity contribution >= 4 is 5.78 Å². The first-order chi connectivity index (χ1) is 8.95. The lowest BCUT2D eigenvalue weighted by molar-refractivity contribution is 0.0991. The molecule has 0 aliphatic heterocycles. The predicted molar refractivity (Wildman–Crippen MR) is 60.8 cm³/mol. The number of hydrogen-bond acceptors (Lipinski definition) is 1. The summed E-state index contributed by atoms with van der Waals surface area (Å²) in [7, 11) is 0. The summed E-state index contributed by atoms with van der Waals surface area (Å²) in [4.78, 5) is 11.8. The summed E-state index contributed by atoms with van der Waals surface area (Å²) >= 11 is 0. The van der Waals surface area contributed by atoms with E-state index in [1.807, 2.05) is 0 Å². The fraction of sp³-hybridized carbons (Fsp3) is 0.0714. The van der Waals surface area contributed by atoms with Crippen LogP contribution in [0.25, 0.3) is 0 Å². The van der Waals surface area contributed by atoms with E-state index in [9.17, 15) is 22.4 Å².